The molecule has 0 atom stereocenters. The third-order valence-corrected chi connectivity index (χ3v) is 2.94. The van der Waals surface area contributed by atoms with Crippen LogP contribution in [-0.2, 0) is 5.54 Å². The molecule has 0 aliphatic heterocycles. The lowest BCUT2D eigenvalue weighted by atomic mass is 10.1. The smallest absolute Gasteiger partial charge is 0.195 e. The number of aromatic nitrogens is 4. The molecule has 2 aromatic rings. The molecule has 0 fully saturated rings. The van der Waals surface area contributed by atoms with Gasteiger partial charge in [0.25, 0.3) is 0 Å². The minimum Gasteiger partial charge on any atom is -0.293 e. The van der Waals surface area contributed by atoms with Crippen LogP contribution in [0.5, 0.6) is 0 Å². The topological polar surface area (TPSA) is 46.5 Å². The number of H-pyrrole nitrogens is 1. The normalized spacial score (nSPS) is 11.8. The van der Waals surface area contributed by atoms with Gasteiger partial charge in [0.05, 0.1) is 0 Å². The lowest BCUT2D eigenvalue weighted by molar-refractivity contribution is 0.395. The minimum absolute atomic E-state index is 0.126. The predicted octanol–water partition coefficient (Wildman–Crippen LogP) is 3.37. The maximum Gasteiger partial charge on any atom is 0.195 e. The molecule has 0 aliphatic rings. The van der Waals surface area contributed by atoms with Crippen LogP contribution in [0.3, 0.4) is 0 Å². The predicted molar refractivity (Wildman–Crippen MR) is 75.1 cm³/mol. The standard InChI is InChI=1S/C13H18N4S/c1-8-6-9(2)14-10(7-8)11-15-16-12(18)17(11)13(3,4)5/h6-7H,1-5H3,(H,16,18). The van der Waals surface area contributed by atoms with Crippen LogP contribution in [0.25, 0.3) is 11.5 Å². The monoisotopic (exact) mass is 262 g/mol. The number of aromatic amines is 1. The third-order valence-electron chi connectivity index (χ3n) is 2.67. The van der Waals surface area contributed by atoms with Gasteiger partial charge < -0.3 is 0 Å². The molecule has 0 aromatic carbocycles. The van der Waals surface area contributed by atoms with E-state index in [1.165, 1.54) is 5.56 Å². The Bertz CT molecular complexity index is 611. The maximum absolute atomic E-state index is 5.30. The van der Waals surface area contributed by atoms with E-state index in [9.17, 15) is 0 Å². The van der Waals surface area contributed by atoms with Crippen LogP contribution < -0.4 is 0 Å². The average molecular weight is 262 g/mol. The lowest BCUT2D eigenvalue weighted by Gasteiger charge is -2.22. The van der Waals surface area contributed by atoms with Gasteiger partial charge in [-0.05, 0) is 64.5 Å². The Morgan fingerprint density at radius 3 is 2.44 bits per heavy atom. The molecular weight excluding hydrogens is 244 g/mol. The van der Waals surface area contributed by atoms with Crippen molar-refractivity contribution in [3.05, 3.63) is 28.2 Å². The molecule has 0 aliphatic carbocycles. The van der Waals surface area contributed by atoms with Crippen LogP contribution in [0.15, 0.2) is 12.1 Å². The van der Waals surface area contributed by atoms with Crippen molar-refractivity contribution in [2.45, 2.75) is 40.2 Å². The number of nitrogens with zero attached hydrogens (tertiary/aromatic N) is 3. The van der Waals surface area contributed by atoms with Crippen molar-refractivity contribution in [3.63, 3.8) is 0 Å². The van der Waals surface area contributed by atoms with E-state index in [2.05, 4.69) is 42.9 Å². The molecule has 0 amide bonds. The Hall–Kier alpha value is -1.49. The number of rotatable bonds is 1. The zero-order valence-corrected chi connectivity index (χ0v) is 12.2. The second kappa shape index (κ2) is 4.31. The second-order valence-electron chi connectivity index (χ2n) is 5.53. The van der Waals surface area contributed by atoms with Gasteiger partial charge in [-0.15, -0.1) is 0 Å². The van der Waals surface area contributed by atoms with Crippen molar-refractivity contribution in [3.8, 4) is 11.5 Å². The van der Waals surface area contributed by atoms with Crippen molar-refractivity contribution >= 4 is 12.2 Å². The van der Waals surface area contributed by atoms with Crippen LogP contribution in [0.2, 0.25) is 0 Å². The summed E-state index contributed by atoms with van der Waals surface area (Å²) in [5, 5.41) is 7.17. The summed E-state index contributed by atoms with van der Waals surface area (Å²) >= 11 is 5.30. The first-order valence-corrected chi connectivity index (χ1v) is 6.33. The van der Waals surface area contributed by atoms with Gasteiger partial charge in [0, 0.05) is 11.2 Å². The summed E-state index contributed by atoms with van der Waals surface area (Å²) in [6, 6.07) is 4.08. The Balaban J connectivity index is 2.69. The average Bonchev–Trinajstić information content (AvgIpc) is 2.57. The molecule has 0 radical (unpaired) electrons. The van der Waals surface area contributed by atoms with Crippen molar-refractivity contribution in [1.82, 2.24) is 19.7 Å². The van der Waals surface area contributed by atoms with Crippen molar-refractivity contribution < 1.29 is 0 Å². The Kier molecular flexibility index (Phi) is 3.11. The first kappa shape index (κ1) is 13.0. The summed E-state index contributed by atoms with van der Waals surface area (Å²) in [5.41, 5.74) is 2.89. The molecule has 2 aromatic heterocycles. The van der Waals surface area contributed by atoms with Crippen LogP contribution in [0.4, 0.5) is 0 Å². The summed E-state index contributed by atoms with van der Waals surface area (Å²) in [5.74, 6) is 0.791. The third kappa shape index (κ3) is 2.36. The van der Waals surface area contributed by atoms with Gasteiger partial charge in [0.1, 0.15) is 5.69 Å². The van der Waals surface area contributed by atoms with E-state index < -0.39 is 0 Å². The highest BCUT2D eigenvalue weighted by Gasteiger charge is 2.21. The van der Waals surface area contributed by atoms with E-state index in [-0.39, 0.29) is 5.54 Å². The Morgan fingerprint density at radius 2 is 1.89 bits per heavy atom. The van der Waals surface area contributed by atoms with E-state index in [1.54, 1.807) is 0 Å². The van der Waals surface area contributed by atoms with Crippen molar-refractivity contribution in [2.24, 2.45) is 0 Å². The highest BCUT2D eigenvalue weighted by atomic mass is 32.1. The first-order valence-electron chi connectivity index (χ1n) is 5.92. The molecular formula is C13H18N4S. The fraction of sp³-hybridized carbons (Fsp3) is 0.462. The fourth-order valence-corrected chi connectivity index (χ4v) is 2.45. The second-order valence-corrected chi connectivity index (χ2v) is 5.92. The van der Waals surface area contributed by atoms with Crippen LogP contribution in [0.1, 0.15) is 32.0 Å². The van der Waals surface area contributed by atoms with Gasteiger partial charge in [0.15, 0.2) is 10.6 Å². The lowest BCUT2D eigenvalue weighted by Crippen LogP contribution is -2.23. The molecule has 0 bridgehead atoms. The summed E-state index contributed by atoms with van der Waals surface area (Å²) < 4.78 is 2.63. The maximum atomic E-state index is 5.30. The number of hydrogen-bond donors (Lipinski definition) is 1. The summed E-state index contributed by atoms with van der Waals surface area (Å²) in [6.45, 7) is 10.3. The molecule has 0 saturated carbocycles. The van der Waals surface area contributed by atoms with Crippen LogP contribution in [0, 0.1) is 18.6 Å². The molecule has 4 nitrogen and oxygen atoms in total. The molecule has 96 valence electrons. The molecule has 18 heavy (non-hydrogen) atoms. The Labute approximate surface area is 112 Å². The fourth-order valence-electron chi connectivity index (χ4n) is 2.05. The molecule has 0 unspecified atom stereocenters. The van der Waals surface area contributed by atoms with Gasteiger partial charge in [-0.1, -0.05) is 0 Å². The summed E-state index contributed by atoms with van der Waals surface area (Å²) in [6.07, 6.45) is 0. The molecule has 0 spiro atoms. The van der Waals surface area contributed by atoms with Gasteiger partial charge >= 0.3 is 0 Å². The van der Waals surface area contributed by atoms with Gasteiger partial charge in [-0.3, -0.25) is 9.67 Å². The van der Waals surface area contributed by atoms with E-state index in [1.807, 2.05) is 23.6 Å². The number of nitrogens with one attached hydrogen (secondary N) is 1. The van der Waals surface area contributed by atoms with Crippen molar-refractivity contribution in [1.29, 1.82) is 0 Å². The number of hydrogen-bond acceptors (Lipinski definition) is 3. The first-order chi connectivity index (χ1) is 8.29. The number of pyridine rings is 1. The molecule has 2 heterocycles. The highest BCUT2D eigenvalue weighted by Crippen LogP contribution is 2.24. The van der Waals surface area contributed by atoms with Gasteiger partial charge in [-0.25, -0.2) is 4.98 Å². The summed E-state index contributed by atoms with van der Waals surface area (Å²) in [7, 11) is 0. The van der Waals surface area contributed by atoms with E-state index in [0.717, 1.165) is 17.2 Å². The highest BCUT2D eigenvalue weighted by molar-refractivity contribution is 7.71. The van der Waals surface area contributed by atoms with Gasteiger partial charge in [-0.2, -0.15) is 5.10 Å². The molecule has 0 saturated heterocycles. The van der Waals surface area contributed by atoms with Crippen LogP contribution in [-0.4, -0.2) is 19.7 Å². The van der Waals surface area contributed by atoms with E-state index in [0.29, 0.717) is 4.77 Å². The number of aryl methyl sites for hydroxylation is 2. The van der Waals surface area contributed by atoms with E-state index in [4.69, 9.17) is 12.2 Å². The zero-order valence-electron chi connectivity index (χ0n) is 11.4. The zero-order chi connectivity index (χ0) is 13.5. The summed E-state index contributed by atoms with van der Waals surface area (Å²) in [4.78, 5) is 4.54. The van der Waals surface area contributed by atoms with E-state index >= 15 is 0 Å². The van der Waals surface area contributed by atoms with Gasteiger partial charge in [0.2, 0.25) is 0 Å². The SMILES string of the molecule is Cc1cc(C)nc(-c2n[nH]c(=S)n2C(C)(C)C)c1. The molecule has 5 heteroatoms. The largest absolute Gasteiger partial charge is 0.293 e. The quantitative estimate of drug-likeness (QED) is 0.801. The minimum atomic E-state index is -0.126. The molecule has 1 N–H and O–H groups in total. The Morgan fingerprint density at radius 1 is 1.22 bits per heavy atom. The molecule has 2 rings (SSSR count). The van der Waals surface area contributed by atoms with Crippen molar-refractivity contribution in [2.75, 3.05) is 0 Å². The van der Waals surface area contributed by atoms with Crippen LogP contribution >= 0.6 is 12.2 Å².